The predicted octanol–water partition coefficient (Wildman–Crippen LogP) is 5.17. The molecular formula is C21H20ClN3O. The molecule has 0 fully saturated rings. The Morgan fingerprint density at radius 2 is 1.85 bits per heavy atom. The number of halogens is 1. The van der Waals surface area contributed by atoms with Gasteiger partial charge < -0.3 is 14.8 Å². The van der Waals surface area contributed by atoms with Gasteiger partial charge in [0.1, 0.15) is 0 Å². The lowest BCUT2D eigenvalue weighted by Crippen LogP contribution is -2.38. The zero-order valence-corrected chi connectivity index (χ0v) is 15.1. The van der Waals surface area contributed by atoms with E-state index in [0.717, 1.165) is 29.9 Å². The van der Waals surface area contributed by atoms with E-state index in [-0.39, 0.29) is 12.1 Å². The first-order valence-electron chi connectivity index (χ1n) is 8.75. The van der Waals surface area contributed by atoms with Crippen molar-refractivity contribution in [1.82, 2.24) is 9.47 Å². The van der Waals surface area contributed by atoms with Gasteiger partial charge in [-0.05, 0) is 48.4 Å². The number of nitrogens with zero attached hydrogens (tertiary/aromatic N) is 2. The van der Waals surface area contributed by atoms with Crippen molar-refractivity contribution in [3.63, 3.8) is 0 Å². The van der Waals surface area contributed by atoms with Crippen LogP contribution in [-0.4, -0.2) is 22.0 Å². The molecule has 1 aliphatic rings. The van der Waals surface area contributed by atoms with Crippen LogP contribution in [0.5, 0.6) is 0 Å². The number of carbonyl (C=O) groups excluding carboxylic acids is 1. The molecule has 0 bridgehead atoms. The van der Waals surface area contributed by atoms with Gasteiger partial charge in [-0.25, -0.2) is 4.79 Å². The standard InChI is InChI=1S/C21H20ClN3O/c22-17-8-4-7-16(15-17)20-19-11-5-12-24(19)13-6-14-25(20)21(26)23-18-9-2-1-3-10-18/h1-5,7-12,15,20H,6,13-14H2,(H,23,26). The molecule has 0 saturated heterocycles. The van der Waals surface area contributed by atoms with Gasteiger partial charge >= 0.3 is 6.03 Å². The van der Waals surface area contributed by atoms with E-state index in [1.807, 2.05) is 65.6 Å². The van der Waals surface area contributed by atoms with Gasteiger partial charge in [0.05, 0.1) is 6.04 Å². The van der Waals surface area contributed by atoms with Gasteiger partial charge in [0.15, 0.2) is 0 Å². The molecule has 0 aliphatic carbocycles. The average Bonchev–Trinajstić information content (AvgIpc) is 3.02. The van der Waals surface area contributed by atoms with Crippen LogP contribution in [0.4, 0.5) is 10.5 Å². The van der Waals surface area contributed by atoms with Crippen LogP contribution in [0.25, 0.3) is 0 Å². The third-order valence-electron chi connectivity index (χ3n) is 4.70. The molecule has 4 nitrogen and oxygen atoms in total. The van der Waals surface area contributed by atoms with Gasteiger partial charge in [-0.15, -0.1) is 0 Å². The number of benzene rings is 2. The average molecular weight is 366 g/mol. The van der Waals surface area contributed by atoms with Crippen molar-refractivity contribution in [1.29, 1.82) is 0 Å². The summed E-state index contributed by atoms with van der Waals surface area (Å²) in [5.41, 5.74) is 2.91. The second-order valence-electron chi connectivity index (χ2n) is 6.43. The SMILES string of the molecule is O=C(Nc1ccccc1)N1CCCn2cccc2C1c1cccc(Cl)c1. The number of rotatable bonds is 2. The Bertz CT molecular complexity index is 906. The summed E-state index contributed by atoms with van der Waals surface area (Å²) < 4.78 is 2.22. The quantitative estimate of drug-likeness (QED) is 0.668. The summed E-state index contributed by atoms with van der Waals surface area (Å²) in [6.07, 6.45) is 2.98. The Kier molecular flexibility index (Phi) is 4.67. The van der Waals surface area contributed by atoms with E-state index in [9.17, 15) is 4.79 Å². The second-order valence-corrected chi connectivity index (χ2v) is 6.86. The fraction of sp³-hybridized carbons (Fsp3) is 0.190. The number of carbonyl (C=O) groups is 1. The summed E-state index contributed by atoms with van der Waals surface area (Å²) in [5.74, 6) is 0. The molecule has 3 aromatic rings. The van der Waals surface area contributed by atoms with Crippen molar-refractivity contribution in [3.05, 3.63) is 89.2 Å². The van der Waals surface area contributed by atoms with Crippen LogP contribution >= 0.6 is 11.6 Å². The first kappa shape index (κ1) is 16.7. The van der Waals surface area contributed by atoms with E-state index in [0.29, 0.717) is 11.6 Å². The molecule has 1 atom stereocenters. The molecule has 1 N–H and O–H groups in total. The minimum atomic E-state index is -0.171. The number of para-hydroxylation sites is 1. The molecule has 2 heterocycles. The molecule has 0 saturated carbocycles. The van der Waals surface area contributed by atoms with Gasteiger partial charge in [0.25, 0.3) is 0 Å². The molecular weight excluding hydrogens is 346 g/mol. The molecule has 2 amide bonds. The fourth-order valence-corrected chi connectivity index (χ4v) is 3.74. The molecule has 0 spiro atoms. The Hall–Kier alpha value is -2.72. The number of hydrogen-bond acceptors (Lipinski definition) is 1. The molecule has 2 aromatic carbocycles. The highest BCUT2D eigenvalue weighted by molar-refractivity contribution is 6.30. The summed E-state index contributed by atoms with van der Waals surface area (Å²) in [6.45, 7) is 1.58. The number of amides is 2. The van der Waals surface area contributed by atoms with Gasteiger partial charge in [-0.2, -0.15) is 0 Å². The number of urea groups is 1. The first-order valence-corrected chi connectivity index (χ1v) is 9.13. The van der Waals surface area contributed by atoms with E-state index >= 15 is 0 Å². The summed E-state index contributed by atoms with van der Waals surface area (Å²) in [4.78, 5) is 15.0. The van der Waals surface area contributed by atoms with Gasteiger partial charge in [-0.1, -0.05) is 41.9 Å². The van der Waals surface area contributed by atoms with Crippen LogP contribution in [0.15, 0.2) is 72.9 Å². The zero-order valence-electron chi connectivity index (χ0n) is 14.3. The van der Waals surface area contributed by atoms with Gasteiger partial charge in [-0.3, -0.25) is 0 Å². The van der Waals surface area contributed by atoms with Gasteiger partial charge in [0, 0.05) is 35.7 Å². The van der Waals surface area contributed by atoms with Crippen LogP contribution in [0, 0.1) is 0 Å². The molecule has 5 heteroatoms. The Morgan fingerprint density at radius 3 is 2.65 bits per heavy atom. The number of hydrogen-bond donors (Lipinski definition) is 1. The molecule has 4 rings (SSSR count). The minimum Gasteiger partial charge on any atom is -0.349 e. The molecule has 1 aromatic heterocycles. The fourth-order valence-electron chi connectivity index (χ4n) is 3.54. The number of nitrogens with one attached hydrogen (secondary N) is 1. The lowest BCUT2D eigenvalue weighted by atomic mass is 10.0. The minimum absolute atomic E-state index is 0.101. The highest BCUT2D eigenvalue weighted by Crippen LogP contribution is 2.33. The first-order chi connectivity index (χ1) is 12.7. The molecule has 0 radical (unpaired) electrons. The van der Waals surface area contributed by atoms with Crippen LogP contribution < -0.4 is 5.32 Å². The van der Waals surface area contributed by atoms with E-state index in [2.05, 4.69) is 22.1 Å². The highest BCUT2D eigenvalue weighted by Gasteiger charge is 2.30. The Labute approximate surface area is 158 Å². The second kappa shape index (κ2) is 7.26. The number of aromatic nitrogens is 1. The normalized spacial score (nSPS) is 16.7. The molecule has 132 valence electrons. The van der Waals surface area contributed by atoms with Crippen molar-refractivity contribution >= 4 is 23.3 Å². The maximum absolute atomic E-state index is 13.1. The lowest BCUT2D eigenvalue weighted by molar-refractivity contribution is 0.199. The largest absolute Gasteiger partial charge is 0.349 e. The van der Waals surface area contributed by atoms with Crippen molar-refractivity contribution in [3.8, 4) is 0 Å². The third-order valence-corrected chi connectivity index (χ3v) is 4.94. The van der Waals surface area contributed by atoms with E-state index < -0.39 is 0 Å². The Morgan fingerprint density at radius 1 is 1.00 bits per heavy atom. The van der Waals surface area contributed by atoms with Crippen LogP contribution in [0.3, 0.4) is 0 Å². The maximum atomic E-state index is 13.1. The van der Waals surface area contributed by atoms with E-state index in [1.54, 1.807) is 0 Å². The smallest absolute Gasteiger partial charge is 0.322 e. The maximum Gasteiger partial charge on any atom is 0.322 e. The van der Waals surface area contributed by atoms with Crippen molar-refractivity contribution in [2.75, 3.05) is 11.9 Å². The molecule has 1 unspecified atom stereocenters. The predicted molar refractivity (Wildman–Crippen MR) is 105 cm³/mol. The van der Waals surface area contributed by atoms with Crippen LogP contribution in [0.1, 0.15) is 23.7 Å². The summed E-state index contributed by atoms with van der Waals surface area (Å²) in [5, 5.41) is 3.70. The van der Waals surface area contributed by atoms with E-state index in [4.69, 9.17) is 11.6 Å². The summed E-state index contributed by atoms with van der Waals surface area (Å²) in [6, 6.07) is 21.2. The lowest BCUT2D eigenvalue weighted by Gasteiger charge is -2.31. The number of fused-ring (bicyclic) bond motifs is 1. The Balaban J connectivity index is 1.72. The number of aryl methyl sites for hydroxylation is 1. The van der Waals surface area contributed by atoms with Crippen LogP contribution in [0.2, 0.25) is 5.02 Å². The molecule has 26 heavy (non-hydrogen) atoms. The van der Waals surface area contributed by atoms with Crippen molar-refractivity contribution < 1.29 is 4.79 Å². The zero-order chi connectivity index (χ0) is 17.9. The topological polar surface area (TPSA) is 37.3 Å². The van der Waals surface area contributed by atoms with Crippen LogP contribution in [-0.2, 0) is 6.54 Å². The molecule has 1 aliphatic heterocycles. The third kappa shape index (κ3) is 3.33. The van der Waals surface area contributed by atoms with Crippen molar-refractivity contribution in [2.45, 2.75) is 19.0 Å². The van der Waals surface area contributed by atoms with E-state index in [1.165, 1.54) is 0 Å². The van der Waals surface area contributed by atoms with Crippen molar-refractivity contribution in [2.24, 2.45) is 0 Å². The number of anilines is 1. The van der Waals surface area contributed by atoms with Gasteiger partial charge in [0.2, 0.25) is 0 Å². The summed E-state index contributed by atoms with van der Waals surface area (Å²) in [7, 11) is 0. The summed E-state index contributed by atoms with van der Waals surface area (Å²) >= 11 is 6.24. The highest BCUT2D eigenvalue weighted by atomic mass is 35.5. The monoisotopic (exact) mass is 365 g/mol.